The standard InChI is InChI=1S/C11H13ClN2O4S/c1-18-7-9(6-15)14-19(16,17)11-3-2-8(5-13)4-10(11)12/h2-4,9,14-15H,6-7H2,1H3. The predicted octanol–water partition coefficient (Wildman–Crippen LogP) is 0.497. The van der Waals surface area contributed by atoms with Gasteiger partial charge in [0.05, 0.1) is 35.9 Å². The van der Waals surface area contributed by atoms with Crippen LogP contribution in [-0.4, -0.2) is 39.9 Å². The molecule has 0 aliphatic heterocycles. The molecular weight excluding hydrogens is 292 g/mol. The number of nitrogens with one attached hydrogen (secondary N) is 1. The van der Waals surface area contributed by atoms with Gasteiger partial charge < -0.3 is 9.84 Å². The number of sulfonamides is 1. The Morgan fingerprint density at radius 1 is 1.58 bits per heavy atom. The summed E-state index contributed by atoms with van der Waals surface area (Å²) < 4.78 is 31.2. The summed E-state index contributed by atoms with van der Waals surface area (Å²) in [4.78, 5) is -0.150. The highest BCUT2D eigenvalue weighted by Crippen LogP contribution is 2.22. The molecule has 1 atom stereocenters. The van der Waals surface area contributed by atoms with E-state index in [1.165, 1.54) is 25.3 Å². The van der Waals surface area contributed by atoms with Gasteiger partial charge in [-0.1, -0.05) is 11.6 Å². The van der Waals surface area contributed by atoms with Gasteiger partial charge in [0.25, 0.3) is 0 Å². The van der Waals surface area contributed by atoms with Gasteiger partial charge >= 0.3 is 0 Å². The fraction of sp³-hybridized carbons (Fsp3) is 0.364. The molecule has 0 saturated heterocycles. The summed E-state index contributed by atoms with van der Waals surface area (Å²) in [6, 6.07) is 4.95. The molecule has 2 N–H and O–H groups in total. The van der Waals surface area contributed by atoms with Crippen LogP contribution in [0.25, 0.3) is 0 Å². The van der Waals surface area contributed by atoms with Crippen LogP contribution in [0.3, 0.4) is 0 Å². The van der Waals surface area contributed by atoms with Crippen LogP contribution in [-0.2, 0) is 14.8 Å². The molecule has 1 aromatic carbocycles. The third-order valence-corrected chi connectivity index (χ3v) is 4.26. The number of nitriles is 1. The highest BCUT2D eigenvalue weighted by Gasteiger charge is 2.22. The summed E-state index contributed by atoms with van der Waals surface area (Å²) in [5, 5.41) is 17.7. The van der Waals surface area contributed by atoms with Crippen LogP contribution in [0.2, 0.25) is 5.02 Å². The maximum atomic E-state index is 12.1. The van der Waals surface area contributed by atoms with Gasteiger partial charge in [-0.3, -0.25) is 0 Å². The molecule has 0 radical (unpaired) electrons. The van der Waals surface area contributed by atoms with Crippen LogP contribution in [0, 0.1) is 11.3 Å². The predicted molar refractivity (Wildman–Crippen MR) is 69.2 cm³/mol. The Labute approximate surface area is 116 Å². The van der Waals surface area contributed by atoms with Crippen molar-refractivity contribution in [3.63, 3.8) is 0 Å². The topological polar surface area (TPSA) is 99.4 Å². The van der Waals surface area contributed by atoms with E-state index >= 15 is 0 Å². The van der Waals surface area contributed by atoms with Crippen molar-refractivity contribution < 1.29 is 18.3 Å². The Hall–Kier alpha value is -1.17. The normalized spacial score (nSPS) is 12.9. The van der Waals surface area contributed by atoms with Crippen molar-refractivity contribution in [3.05, 3.63) is 28.8 Å². The average molecular weight is 305 g/mol. The zero-order valence-electron chi connectivity index (χ0n) is 10.1. The van der Waals surface area contributed by atoms with Gasteiger partial charge in [-0.15, -0.1) is 0 Å². The second-order valence-corrected chi connectivity index (χ2v) is 5.80. The Kier molecular flexibility index (Phi) is 5.72. The van der Waals surface area contributed by atoms with E-state index in [4.69, 9.17) is 26.7 Å². The monoisotopic (exact) mass is 304 g/mol. The molecule has 1 aromatic rings. The van der Waals surface area contributed by atoms with Crippen LogP contribution in [0.4, 0.5) is 0 Å². The molecule has 0 saturated carbocycles. The second-order valence-electron chi connectivity index (χ2n) is 3.71. The highest BCUT2D eigenvalue weighted by atomic mass is 35.5. The van der Waals surface area contributed by atoms with E-state index in [0.717, 1.165) is 0 Å². The van der Waals surface area contributed by atoms with Crippen molar-refractivity contribution in [2.75, 3.05) is 20.3 Å². The number of hydrogen-bond donors (Lipinski definition) is 2. The first kappa shape index (κ1) is 15.9. The largest absolute Gasteiger partial charge is 0.395 e. The molecule has 0 aliphatic rings. The van der Waals surface area contributed by atoms with Crippen LogP contribution >= 0.6 is 11.6 Å². The summed E-state index contributed by atoms with van der Waals surface area (Å²) in [5.41, 5.74) is 0.263. The van der Waals surface area contributed by atoms with Gasteiger partial charge in [0, 0.05) is 7.11 Å². The molecule has 8 heteroatoms. The first-order valence-corrected chi connectivity index (χ1v) is 7.12. The number of rotatable bonds is 6. The van der Waals surface area contributed by atoms with Crippen molar-refractivity contribution in [1.29, 1.82) is 5.26 Å². The lowest BCUT2D eigenvalue weighted by Crippen LogP contribution is -2.40. The van der Waals surface area contributed by atoms with Crippen LogP contribution in [0.15, 0.2) is 23.1 Å². The summed E-state index contributed by atoms with van der Waals surface area (Å²) >= 11 is 5.83. The molecule has 1 rings (SSSR count). The smallest absolute Gasteiger partial charge is 0.242 e. The molecule has 0 spiro atoms. The number of ether oxygens (including phenoxy) is 1. The lowest BCUT2D eigenvalue weighted by atomic mass is 10.2. The molecule has 0 amide bonds. The van der Waals surface area contributed by atoms with Crippen LogP contribution in [0.1, 0.15) is 5.56 Å². The lowest BCUT2D eigenvalue weighted by Gasteiger charge is -2.16. The Morgan fingerprint density at radius 2 is 2.26 bits per heavy atom. The quantitative estimate of drug-likeness (QED) is 0.797. The fourth-order valence-corrected chi connectivity index (χ4v) is 3.15. The van der Waals surface area contributed by atoms with E-state index < -0.39 is 22.7 Å². The molecule has 0 bridgehead atoms. The Balaban J connectivity index is 3.04. The number of benzene rings is 1. The third kappa shape index (κ3) is 4.16. The number of hydrogen-bond acceptors (Lipinski definition) is 5. The number of halogens is 1. The molecule has 0 aliphatic carbocycles. The third-order valence-electron chi connectivity index (χ3n) is 2.26. The van der Waals surface area contributed by atoms with Crippen molar-refractivity contribution >= 4 is 21.6 Å². The van der Waals surface area contributed by atoms with E-state index in [0.29, 0.717) is 0 Å². The van der Waals surface area contributed by atoms with Crippen LogP contribution < -0.4 is 4.72 Å². The fourth-order valence-electron chi connectivity index (χ4n) is 1.40. The molecular formula is C11H13ClN2O4S. The van der Waals surface area contributed by atoms with Crippen molar-refractivity contribution in [2.24, 2.45) is 0 Å². The first-order valence-electron chi connectivity index (χ1n) is 5.26. The van der Waals surface area contributed by atoms with Gasteiger partial charge in [0.1, 0.15) is 4.90 Å². The maximum absolute atomic E-state index is 12.1. The highest BCUT2D eigenvalue weighted by molar-refractivity contribution is 7.89. The van der Waals surface area contributed by atoms with Crippen molar-refractivity contribution in [3.8, 4) is 6.07 Å². The van der Waals surface area contributed by atoms with Gasteiger partial charge in [0.15, 0.2) is 0 Å². The number of aliphatic hydroxyl groups is 1. The molecule has 0 heterocycles. The maximum Gasteiger partial charge on any atom is 0.242 e. The summed E-state index contributed by atoms with van der Waals surface area (Å²) in [6.07, 6.45) is 0. The van der Waals surface area contributed by atoms with E-state index in [1.54, 1.807) is 0 Å². The average Bonchev–Trinajstić information content (AvgIpc) is 2.37. The van der Waals surface area contributed by atoms with E-state index in [-0.39, 0.29) is 22.1 Å². The van der Waals surface area contributed by atoms with Crippen LogP contribution in [0.5, 0.6) is 0 Å². The van der Waals surface area contributed by atoms with Gasteiger partial charge in [0.2, 0.25) is 10.0 Å². The summed E-state index contributed by atoms with van der Waals surface area (Å²) in [6.45, 7) is -0.370. The van der Waals surface area contributed by atoms with Gasteiger partial charge in [-0.2, -0.15) is 5.26 Å². The van der Waals surface area contributed by atoms with E-state index in [9.17, 15) is 8.42 Å². The minimum absolute atomic E-state index is 0.0314. The van der Waals surface area contributed by atoms with E-state index in [1.807, 2.05) is 6.07 Å². The lowest BCUT2D eigenvalue weighted by molar-refractivity contribution is 0.139. The molecule has 19 heavy (non-hydrogen) atoms. The van der Waals surface area contributed by atoms with E-state index in [2.05, 4.69) is 4.72 Å². The second kappa shape index (κ2) is 6.84. The first-order chi connectivity index (χ1) is 8.94. The minimum atomic E-state index is -3.88. The summed E-state index contributed by atoms with van der Waals surface area (Å²) in [7, 11) is -2.49. The number of nitrogens with zero attached hydrogens (tertiary/aromatic N) is 1. The zero-order chi connectivity index (χ0) is 14.5. The zero-order valence-corrected chi connectivity index (χ0v) is 11.7. The van der Waals surface area contributed by atoms with Crippen molar-refractivity contribution in [1.82, 2.24) is 4.72 Å². The molecule has 0 aromatic heterocycles. The Bertz CT molecular complexity index is 583. The summed E-state index contributed by atoms with van der Waals surface area (Å²) in [5.74, 6) is 0. The molecule has 104 valence electrons. The minimum Gasteiger partial charge on any atom is -0.395 e. The molecule has 1 unspecified atom stereocenters. The van der Waals surface area contributed by atoms with Crippen molar-refractivity contribution in [2.45, 2.75) is 10.9 Å². The number of aliphatic hydroxyl groups excluding tert-OH is 1. The SMILES string of the molecule is COCC(CO)NS(=O)(=O)c1ccc(C#N)cc1Cl. The Morgan fingerprint density at radius 3 is 2.74 bits per heavy atom. The molecule has 0 fully saturated rings. The number of methoxy groups -OCH3 is 1. The van der Waals surface area contributed by atoms with Gasteiger partial charge in [-0.05, 0) is 18.2 Å². The van der Waals surface area contributed by atoms with Gasteiger partial charge in [-0.25, -0.2) is 13.1 Å². The molecule has 6 nitrogen and oxygen atoms in total.